The van der Waals surface area contributed by atoms with E-state index in [0.29, 0.717) is 19.4 Å². The van der Waals surface area contributed by atoms with Crippen LogP contribution in [0.1, 0.15) is 43.9 Å². The van der Waals surface area contributed by atoms with Gasteiger partial charge in [-0.05, 0) is 30.9 Å². The Morgan fingerprint density at radius 2 is 2.00 bits per heavy atom. The van der Waals surface area contributed by atoms with Crippen LogP contribution in [0.2, 0.25) is 0 Å². The van der Waals surface area contributed by atoms with Crippen LogP contribution in [0, 0.1) is 0 Å². The summed E-state index contributed by atoms with van der Waals surface area (Å²) in [5, 5.41) is 8.61. The molecule has 33 heavy (non-hydrogen) atoms. The van der Waals surface area contributed by atoms with Gasteiger partial charge >= 0.3 is 6.03 Å². The summed E-state index contributed by atoms with van der Waals surface area (Å²) in [5.41, 5.74) is 0.996. The second-order valence-corrected chi connectivity index (χ2v) is 8.68. The van der Waals surface area contributed by atoms with E-state index in [1.54, 1.807) is 32.6 Å². The number of aryl methyl sites for hydroxylation is 1. The van der Waals surface area contributed by atoms with Crippen molar-refractivity contribution in [3.05, 3.63) is 54.1 Å². The van der Waals surface area contributed by atoms with Gasteiger partial charge in [0.05, 0.1) is 18.4 Å². The van der Waals surface area contributed by atoms with Gasteiger partial charge in [0.15, 0.2) is 0 Å². The van der Waals surface area contributed by atoms with Gasteiger partial charge in [-0.3, -0.25) is 19.3 Å². The molecule has 1 aromatic carbocycles. The van der Waals surface area contributed by atoms with Gasteiger partial charge in [-0.2, -0.15) is 0 Å². The third-order valence-corrected chi connectivity index (χ3v) is 6.41. The Kier molecular flexibility index (Phi) is 6.17. The van der Waals surface area contributed by atoms with Gasteiger partial charge in [-0.1, -0.05) is 31.2 Å². The minimum atomic E-state index is -0.993. The van der Waals surface area contributed by atoms with Crippen LogP contribution in [0.15, 0.2) is 43.0 Å². The Hall–Kier alpha value is -3.69. The standard InChI is InChI=1S/C23H28N6O4/c1-3-23(2)21(32)29(22(33)27-23)13-19(31)25-17-12-15-6-4-5-7-16(15)20(17)26-18(30)8-10-28-11-9-24-14-28/h4-7,9,11,14,17,20H,3,8,10,12-13H2,1-2H3,(H,25,31)(H,26,30)(H,27,33)/t17-,20-,23?/m1/s1. The minimum absolute atomic E-state index is 0.141. The minimum Gasteiger partial charge on any atom is -0.349 e. The monoisotopic (exact) mass is 452 g/mol. The molecule has 1 unspecified atom stereocenters. The lowest BCUT2D eigenvalue weighted by Gasteiger charge is -2.24. The summed E-state index contributed by atoms with van der Waals surface area (Å²) in [6.45, 7) is 3.58. The normalized spacial score (nSPS) is 23.9. The molecular formula is C23H28N6O4. The fourth-order valence-electron chi connectivity index (χ4n) is 4.33. The van der Waals surface area contributed by atoms with E-state index >= 15 is 0 Å². The van der Waals surface area contributed by atoms with Gasteiger partial charge in [0.25, 0.3) is 5.91 Å². The number of aromatic nitrogens is 2. The predicted octanol–water partition coefficient (Wildman–Crippen LogP) is 0.892. The van der Waals surface area contributed by atoms with Crippen molar-refractivity contribution in [2.24, 2.45) is 0 Å². The topological polar surface area (TPSA) is 125 Å². The van der Waals surface area contributed by atoms with Crippen LogP contribution in [0.25, 0.3) is 0 Å². The maximum absolute atomic E-state index is 12.8. The maximum atomic E-state index is 12.8. The van der Waals surface area contributed by atoms with Crippen LogP contribution in [-0.4, -0.2) is 56.3 Å². The van der Waals surface area contributed by atoms with E-state index in [1.807, 2.05) is 28.8 Å². The molecule has 5 amide bonds. The zero-order valence-corrected chi connectivity index (χ0v) is 18.7. The zero-order chi connectivity index (χ0) is 23.6. The predicted molar refractivity (Wildman–Crippen MR) is 119 cm³/mol. The highest BCUT2D eigenvalue weighted by Gasteiger charge is 2.47. The van der Waals surface area contributed by atoms with E-state index in [1.165, 1.54) is 0 Å². The highest BCUT2D eigenvalue weighted by atomic mass is 16.2. The summed E-state index contributed by atoms with van der Waals surface area (Å²) in [5.74, 6) is -1.00. The third kappa shape index (κ3) is 4.59. The van der Waals surface area contributed by atoms with Crippen LogP contribution in [0.3, 0.4) is 0 Å². The number of imidazole rings is 1. The van der Waals surface area contributed by atoms with E-state index in [4.69, 9.17) is 0 Å². The summed E-state index contributed by atoms with van der Waals surface area (Å²) in [6, 6.07) is 6.36. The number of hydrogen-bond acceptors (Lipinski definition) is 5. The first kappa shape index (κ1) is 22.5. The molecule has 4 rings (SSSR count). The number of urea groups is 1. The molecule has 2 aliphatic rings. The first-order chi connectivity index (χ1) is 15.8. The van der Waals surface area contributed by atoms with E-state index in [9.17, 15) is 19.2 Å². The molecule has 174 valence electrons. The van der Waals surface area contributed by atoms with Crippen molar-refractivity contribution in [2.75, 3.05) is 6.54 Å². The van der Waals surface area contributed by atoms with Crippen LogP contribution in [-0.2, 0) is 27.3 Å². The summed E-state index contributed by atoms with van der Waals surface area (Å²) >= 11 is 0. The number of nitrogens with one attached hydrogen (secondary N) is 3. The quantitative estimate of drug-likeness (QED) is 0.513. The molecule has 0 spiro atoms. The molecule has 1 aliphatic carbocycles. The Labute approximate surface area is 191 Å². The number of carbonyl (C=O) groups is 4. The molecule has 1 fully saturated rings. The number of rotatable bonds is 8. The van der Waals surface area contributed by atoms with Crippen molar-refractivity contribution >= 4 is 23.8 Å². The first-order valence-corrected chi connectivity index (χ1v) is 11.1. The summed E-state index contributed by atoms with van der Waals surface area (Å²) in [4.78, 5) is 55.2. The van der Waals surface area contributed by atoms with Gasteiger partial charge in [-0.15, -0.1) is 0 Å². The molecule has 10 heteroatoms. The van der Waals surface area contributed by atoms with E-state index in [2.05, 4.69) is 20.9 Å². The molecule has 3 atom stereocenters. The molecule has 0 bridgehead atoms. The number of carbonyl (C=O) groups excluding carboxylic acids is 4. The highest BCUT2D eigenvalue weighted by molar-refractivity contribution is 6.08. The maximum Gasteiger partial charge on any atom is 0.325 e. The molecule has 1 saturated heterocycles. The number of imide groups is 1. The fourth-order valence-corrected chi connectivity index (χ4v) is 4.33. The van der Waals surface area contributed by atoms with Gasteiger partial charge < -0.3 is 20.5 Å². The molecule has 0 saturated carbocycles. The molecule has 1 aliphatic heterocycles. The lowest BCUT2D eigenvalue weighted by atomic mass is 9.99. The summed E-state index contributed by atoms with van der Waals surface area (Å²) in [7, 11) is 0. The third-order valence-electron chi connectivity index (χ3n) is 6.41. The molecule has 2 heterocycles. The summed E-state index contributed by atoms with van der Waals surface area (Å²) in [6.07, 6.45) is 6.35. The van der Waals surface area contributed by atoms with Crippen LogP contribution >= 0.6 is 0 Å². The molecule has 10 nitrogen and oxygen atoms in total. The zero-order valence-electron chi connectivity index (χ0n) is 18.7. The lowest BCUT2D eigenvalue weighted by Crippen LogP contribution is -2.49. The van der Waals surface area contributed by atoms with Crippen molar-refractivity contribution in [3.63, 3.8) is 0 Å². The van der Waals surface area contributed by atoms with Crippen molar-refractivity contribution < 1.29 is 19.2 Å². The summed E-state index contributed by atoms with van der Waals surface area (Å²) < 4.78 is 1.82. The molecule has 3 N–H and O–H groups in total. The number of fused-ring (bicyclic) bond motifs is 1. The highest BCUT2D eigenvalue weighted by Crippen LogP contribution is 2.31. The Morgan fingerprint density at radius 3 is 2.70 bits per heavy atom. The van der Waals surface area contributed by atoms with E-state index in [0.717, 1.165) is 16.0 Å². The SMILES string of the molecule is CCC1(C)NC(=O)N(CC(=O)N[C@@H]2Cc3ccccc3[C@H]2NC(=O)CCn2ccnc2)C1=O. The van der Waals surface area contributed by atoms with Crippen molar-refractivity contribution in [1.29, 1.82) is 0 Å². The van der Waals surface area contributed by atoms with E-state index < -0.39 is 29.4 Å². The Balaban J connectivity index is 1.41. The van der Waals surface area contributed by atoms with Crippen molar-refractivity contribution in [2.45, 2.75) is 57.3 Å². The lowest BCUT2D eigenvalue weighted by molar-refractivity contribution is -0.134. The van der Waals surface area contributed by atoms with Crippen LogP contribution in [0.5, 0.6) is 0 Å². The van der Waals surface area contributed by atoms with Crippen molar-refractivity contribution in [1.82, 2.24) is 30.4 Å². The number of amides is 5. The van der Waals surface area contributed by atoms with Gasteiger partial charge in [0.1, 0.15) is 12.1 Å². The number of nitrogens with zero attached hydrogens (tertiary/aromatic N) is 3. The second kappa shape index (κ2) is 9.05. The number of benzene rings is 1. The van der Waals surface area contributed by atoms with Gasteiger partial charge in [0, 0.05) is 25.4 Å². The van der Waals surface area contributed by atoms with Crippen molar-refractivity contribution in [3.8, 4) is 0 Å². The smallest absolute Gasteiger partial charge is 0.325 e. The molecule has 2 aromatic rings. The van der Waals surface area contributed by atoms with Crippen LogP contribution < -0.4 is 16.0 Å². The first-order valence-electron chi connectivity index (χ1n) is 11.1. The average Bonchev–Trinajstić information content (AvgIpc) is 3.48. The largest absolute Gasteiger partial charge is 0.349 e. The fraction of sp³-hybridized carbons (Fsp3) is 0.435. The van der Waals surface area contributed by atoms with Gasteiger partial charge in [0.2, 0.25) is 11.8 Å². The van der Waals surface area contributed by atoms with Crippen LogP contribution in [0.4, 0.5) is 4.79 Å². The Bertz CT molecular complexity index is 1070. The molecule has 0 radical (unpaired) electrons. The average molecular weight is 453 g/mol. The Morgan fingerprint density at radius 1 is 1.21 bits per heavy atom. The van der Waals surface area contributed by atoms with E-state index in [-0.39, 0.29) is 24.9 Å². The molecule has 1 aromatic heterocycles. The molecular weight excluding hydrogens is 424 g/mol. The second-order valence-electron chi connectivity index (χ2n) is 8.68. The van der Waals surface area contributed by atoms with Gasteiger partial charge in [-0.25, -0.2) is 9.78 Å². The number of hydrogen-bond donors (Lipinski definition) is 3.